The van der Waals surface area contributed by atoms with Crippen LogP contribution >= 0.6 is 0 Å². The van der Waals surface area contributed by atoms with Crippen molar-refractivity contribution in [1.82, 2.24) is 10.0 Å². The number of ether oxygens (including phenoxy) is 1. The van der Waals surface area contributed by atoms with E-state index in [-0.39, 0.29) is 35.1 Å². The van der Waals surface area contributed by atoms with Crippen LogP contribution in [0.3, 0.4) is 0 Å². The predicted molar refractivity (Wildman–Crippen MR) is 96.0 cm³/mol. The molecule has 0 aliphatic rings. The third kappa shape index (κ3) is 5.03. The summed E-state index contributed by atoms with van der Waals surface area (Å²) in [5.74, 6) is -0.641. The number of halogens is 1. The maximum Gasteiger partial charge on any atom is 0.251 e. The largest absolute Gasteiger partial charge is 0.495 e. The van der Waals surface area contributed by atoms with Gasteiger partial charge in [-0.2, -0.15) is 0 Å². The second-order valence-electron chi connectivity index (χ2n) is 5.57. The number of amides is 1. The molecule has 0 heterocycles. The van der Waals surface area contributed by atoms with Crippen molar-refractivity contribution < 1.29 is 22.3 Å². The Morgan fingerprint density at radius 3 is 2.46 bits per heavy atom. The minimum Gasteiger partial charge on any atom is -0.495 e. The van der Waals surface area contributed by atoms with Crippen LogP contribution < -0.4 is 14.8 Å². The summed E-state index contributed by atoms with van der Waals surface area (Å²) in [6, 6.07) is 9.93. The number of rotatable bonds is 8. The van der Waals surface area contributed by atoms with Crippen LogP contribution in [0.1, 0.15) is 29.3 Å². The fourth-order valence-electron chi connectivity index (χ4n) is 2.23. The number of carbonyl (C=O) groups excluding carboxylic acids is 1. The molecule has 0 aromatic heterocycles. The molecule has 0 bridgehead atoms. The van der Waals surface area contributed by atoms with E-state index in [0.717, 1.165) is 5.56 Å². The lowest BCUT2D eigenvalue weighted by molar-refractivity contribution is 0.0950. The molecule has 2 aromatic carbocycles. The maximum atomic E-state index is 12.9. The fourth-order valence-corrected chi connectivity index (χ4v) is 3.56. The van der Waals surface area contributed by atoms with Gasteiger partial charge in [0.25, 0.3) is 5.91 Å². The number of carbonyl (C=O) groups is 1. The number of methoxy groups -OCH3 is 1. The normalized spacial score (nSPS) is 11.2. The van der Waals surface area contributed by atoms with E-state index in [1.807, 2.05) is 6.92 Å². The lowest BCUT2D eigenvalue weighted by Crippen LogP contribution is -2.26. The second kappa shape index (κ2) is 8.77. The summed E-state index contributed by atoms with van der Waals surface area (Å²) < 4.78 is 45.3. The van der Waals surface area contributed by atoms with E-state index in [2.05, 4.69) is 10.0 Å². The van der Waals surface area contributed by atoms with E-state index in [4.69, 9.17) is 4.74 Å². The molecule has 2 aromatic rings. The Labute approximate surface area is 152 Å². The summed E-state index contributed by atoms with van der Waals surface area (Å²) in [6.07, 6.45) is 0.638. The quantitative estimate of drug-likeness (QED) is 0.737. The van der Waals surface area contributed by atoms with Gasteiger partial charge in [0.2, 0.25) is 10.0 Å². The first-order valence-electron chi connectivity index (χ1n) is 8.07. The van der Waals surface area contributed by atoms with Gasteiger partial charge in [0.15, 0.2) is 0 Å². The molecule has 2 N–H and O–H groups in total. The minimum atomic E-state index is -3.79. The molecule has 140 valence electrons. The minimum absolute atomic E-state index is 0.0946. The van der Waals surface area contributed by atoms with Gasteiger partial charge in [-0.25, -0.2) is 17.5 Å². The summed E-state index contributed by atoms with van der Waals surface area (Å²) in [4.78, 5) is 12.2. The van der Waals surface area contributed by atoms with E-state index in [1.54, 1.807) is 12.1 Å². The molecule has 0 fully saturated rings. The molecule has 1 amide bonds. The van der Waals surface area contributed by atoms with Crippen LogP contribution in [0, 0.1) is 5.82 Å². The van der Waals surface area contributed by atoms with Crippen LogP contribution in [0.4, 0.5) is 4.39 Å². The van der Waals surface area contributed by atoms with Gasteiger partial charge in [0.05, 0.1) is 7.11 Å². The van der Waals surface area contributed by atoms with Gasteiger partial charge >= 0.3 is 0 Å². The number of sulfonamides is 1. The van der Waals surface area contributed by atoms with Crippen LogP contribution in [0.5, 0.6) is 5.75 Å². The number of hydrogen-bond donors (Lipinski definition) is 2. The summed E-state index contributed by atoms with van der Waals surface area (Å²) in [6.45, 7) is 2.33. The van der Waals surface area contributed by atoms with Gasteiger partial charge in [0, 0.05) is 18.7 Å². The zero-order valence-corrected chi connectivity index (χ0v) is 15.4. The van der Waals surface area contributed by atoms with Gasteiger partial charge in [0.1, 0.15) is 16.5 Å². The zero-order valence-electron chi connectivity index (χ0n) is 14.6. The Morgan fingerprint density at radius 1 is 1.15 bits per heavy atom. The molecule has 2 rings (SSSR count). The molecule has 6 nitrogen and oxygen atoms in total. The maximum absolute atomic E-state index is 12.9. The van der Waals surface area contributed by atoms with E-state index in [9.17, 15) is 17.6 Å². The Hall–Kier alpha value is -2.45. The Kier molecular flexibility index (Phi) is 6.70. The van der Waals surface area contributed by atoms with Gasteiger partial charge in [-0.3, -0.25) is 4.79 Å². The van der Waals surface area contributed by atoms with Gasteiger partial charge in [-0.05, 0) is 42.3 Å². The first kappa shape index (κ1) is 19.9. The van der Waals surface area contributed by atoms with Crippen molar-refractivity contribution in [1.29, 1.82) is 0 Å². The fraction of sp³-hybridized carbons (Fsp3) is 0.278. The topological polar surface area (TPSA) is 84.5 Å². The zero-order chi connectivity index (χ0) is 19.2. The van der Waals surface area contributed by atoms with Crippen molar-refractivity contribution in [3.8, 4) is 5.75 Å². The third-order valence-electron chi connectivity index (χ3n) is 3.62. The molecular weight excluding hydrogens is 359 g/mol. The van der Waals surface area contributed by atoms with Gasteiger partial charge < -0.3 is 10.1 Å². The number of nitrogens with one attached hydrogen (secondary N) is 2. The average molecular weight is 380 g/mol. The van der Waals surface area contributed by atoms with Crippen molar-refractivity contribution >= 4 is 15.9 Å². The summed E-state index contributed by atoms with van der Waals surface area (Å²) in [5, 5.41) is 2.68. The molecule has 0 spiro atoms. The average Bonchev–Trinajstić information content (AvgIpc) is 2.65. The first-order valence-corrected chi connectivity index (χ1v) is 9.56. The van der Waals surface area contributed by atoms with Crippen LogP contribution in [0.15, 0.2) is 47.4 Å². The highest BCUT2D eigenvalue weighted by molar-refractivity contribution is 7.89. The number of benzene rings is 2. The summed E-state index contributed by atoms with van der Waals surface area (Å²) in [5.41, 5.74) is 0.913. The number of hydrogen-bond acceptors (Lipinski definition) is 4. The van der Waals surface area contributed by atoms with Crippen LogP contribution in [-0.4, -0.2) is 28.0 Å². The van der Waals surface area contributed by atoms with E-state index in [1.165, 1.54) is 37.4 Å². The monoisotopic (exact) mass is 380 g/mol. The van der Waals surface area contributed by atoms with E-state index >= 15 is 0 Å². The van der Waals surface area contributed by atoms with Crippen LogP contribution in [-0.2, 0) is 16.6 Å². The molecule has 0 aliphatic carbocycles. The summed E-state index contributed by atoms with van der Waals surface area (Å²) >= 11 is 0. The van der Waals surface area contributed by atoms with E-state index < -0.39 is 15.9 Å². The molecule has 0 radical (unpaired) electrons. The van der Waals surface area contributed by atoms with Gasteiger partial charge in [-0.1, -0.05) is 19.1 Å². The molecule has 0 atom stereocenters. The molecular formula is C18H21FN2O4S. The highest BCUT2D eigenvalue weighted by atomic mass is 32.2. The summed E-state index contributed by atoms with van der Waals surface area (Å²) in [7, 11) is -2.43. The van der Waals surface area contributed by atoms with Crippen molar-refractivity contribution in [3.05, 3.63) is 59.4 Å². The highest BCUT2D eigenvalue weighted by Crippen LogP contribution is 2.25. The molecule has 8 heteroatoms. The lowest BCUT2D eigenvalue weighted by Gasteiger charge is -2.12. The Bertz CT molecular complexity index is 867. The van der Waals surface area contributed by atoms with Crippen LogP contribution in [0.2, 0.25) is 0 Å². The molecule has 0 aliphatic heterocycles. The molecule has 26 heavy (non-hydrogen) atoms. The van der Waals surface area contributed by atoms with Crippen molar-refractivity contribution in [2.24, 2.45) is 0 Å². The molecule has 0 saturated carbocycles. The Balaban J connectivity index is 2.19. The molecule has 0 saturated heterocycles. The standard InChI is InChI=1S/C18H21FN2O4S/c1-3-10-21-26(23,24)17-11-14(6-9-16(17)25-2)18(22)20-12-13-4-7-15(19)8-5-13/h4-9,11,21H,3,10,12H2,1-2H3,(H,20,22). The predicted octanol–water partition coefficient (Wildman–Crippen LogP) is 2.45. The highest BCUT2D eigenvalue weighted by Gasteiger charge is 2.21. The SMILES string of the molecule is CCCNS(=O)(=O)c1cc(C(=O)NCc2ccc(F)cc2)ccc1OC. The van der Waals surface area contributed by atoms with Crippen LogP contribution in [0.25, 0.3) is 0 Å². The van der Waals surface area contributed by atoms with E-state index in [0.29, 0.717) is 6.42 Å². The third-order valence-corrected chi connectivity index (χ3v) is 5.11. The van der Waals surface area contributed by atoms with Crippen molar-refractivity contribution in [3.63, 3.8) is 0 Å². The Morgan fingerprint density at radius 2 is 1.85 bits per heavy atom. The smallest absolute Gasteiger partial charge is 0.251 e. The second-order valence-corrected chi connectivity index (χ2v) is 7.31. The van der Waals surface area contributed by atoms with Crippen molar-refractivity contribution in [2.45, 2.75) is 24.8 Å². The van der Waals surface area contributed by atoms with Crippen molar-refractivity contribution in [2.75, 3.05) is 13.7 Å². The van der Waals surface area contributed by atoms with Gasteiger partial charge in [-0.15, -0.1) is 0 Å². The lowest BCUT2D eigenvalue weighted by atomic mass is 10.2. The molecule has 0 unspecified atom stereocenters. The first-order chi connectivity index (χ1) is 12.4.